The smallest absolute Gasteiger partial charge is 0.0411 e. The highest BCUT2D eigenvalue weighted by molar-refractivity contribution is 6.30. The lowest BCUT2D eigenvalue weighted by molar-refractivity contribution is 0.366. The Kier molecular flexibility index (Phi) is 6.17. The van der Waals surface area contributed by atoms with Gasteiger partial charge in [-0.3, -0.25) is 0 Å². The van der Waals surface area contributed by atoms with Crippen molar-refractivity contribution in [1.29, 1.82) is 0 Å². The van der Waals surface area contributed by atoms with E-state index in [4.69, 9.17) is 11.6 Å². The molecule has 0 spiro atoms. The molecule has 0 aliphatic heterocycles. The van der Waals surface area contributed by atoms with Gasteiger partial charge in [0.05, 0.1) is 0 Å². The maximum atomic E-state index is 6.14. The van der Waals surface area contributed by atoms with Crippen molar-refractivity contribution in [2.75, 3.05) is 7.05 Å². The molecule has 2 heteroatoms. The Hall–Kier alpha value is -0.530. The highest BCUT2D eigenvalue weighted by atomic mass is 35.5. The van der Waals surface area contributed by atoms with E-state index in [0.717, 1.165) is 23.3 Å². The molecule has 0 aromatic heterocycles. The third-order valence-corrected chi connectivity index (χ3v) is 3.55. The van der Waals surface area contributed by atoms with Gasteiger partial charge in [-0.05, 0) is 61.9 Å². The molecule has 18 heavy (non-hydrogen) atoms. The van der Waals surface area contributed by atoms with E-state index >= 15 is 0 Å². The minimum Gasteiger partial charge on any atom is -0.313 e. The Morgan fingerprint density at radius 2 is 1.78 bits per heavy atom. The maximum Gasteiger partial charge on any atom is 0.0411 e. The van der Waals surface area contributed by atoms with E-state index < -0.39 is 0 Å². The van der Waals surface area contributed by atoms with E-state index in [2.05, 4.69) is 45.1 Å². The summed E-state index contributed by atoms with van der Waals surface area (Å²) in [5.74, 6) is 1.49. The number of nitrogens with one attached hydrogen (secondary N) is 1. The number of benzene rings is 1. The zero-order valence-corrected chi connectivity index (χ0v) is 13.0. The fraction of sp³-hybridized carbons (Fsp3) is 0.625. The minimum absolute atomic E-state index is 0.399. The van der Waals surface area contributed by atoms with Crippen LogP contribution in [0.1, 0.15) is 50.8 Å². The third kappa shape index (κ3) is 4.99. The van der Waals surface area contributed by atoms with Crippen LogP contribution in [-0.4, -0.2) is 7.05 Å². The summed E-state index contributed by atoms with van der Waals surface area (Å²) in [6.45, 7) is 9.00. The van der Waals surface area contributed by atoms with Gasteiger partial charge in [0.15, 0.2) is 0 Å². The Morgan fingerprint density at radius 3 is 2.28 bits per heavy atom. The lowest BCUT2D eigenvalue weighted by Crippen LogP contribution is -2.19. The van der Waals surface area contributed by atoms with E-state index in [1.54, 1.807) is 0 Å². The Labute approximate surface area is 117 Å². The molecule has 0 aliphatic carbocycles. The van der Waals surface area contributed by atoms with Gasteiger partial charge >= 0.3 is 0 Å². The monoisotopic (exact) mass is 267 g/mol. The summed E-state index contributed by atoms with van der Waals surface area (Å²) in [5.41, 5.74) is 2.53. The summed E-state index contributed by atoms with van der Waals surface area (Å²) in [7, 11) is 2.03. The van der Waals surface area contributed by atoms with Crippen LogP contribution in [0.2, 0.25) is 5.02 Å². The lowest BCUT2D eigenvalue weighted by Gasteiger charge is -2.22. The standard InChI is InChI=1S/C16H26ClN/c1-11(2)6-12(3)9-16(18-5)14-7-13(4)8-15(17)10-14/h7-8,10-12,16,18H,6,9H2,1-5H3. The van der Waals surface area contributed by atoms with E-state index in [-0.39, 0.29) is 0 Å². The molecule has 0 radical (unpaired) electrons. The lowest BCUT2D eigenvalue weighted by atomic mass is 9.89. The van der Waals surface area contributed by atoms with Crippen LogP contribution in [0.15, 0.2) is 18.2 Å². The van der Waals surface area contributed by atoms with Gasteiger partial charge in [0, 0.05) is 11.1 Å². The first-order chi connectivity index (χ1) is 8.42. The second kappa shape index (κ2) is 7.16. The van der Waals surface area contributed by atoms with Crippen LogP contribution < -0.4 is 5.32 Å². The second-order valence-electron chi connectivity index (χ2n) is 5.87. The normalized spacial score (nSPS) is 14.8. The van der Waals surface area contributed by atoms with Crippen LogP contribution in [0, 0.1) is 18.8 Å². The first-order valence-corrected chi connectivity index (χ1v) is 7.24. The molecule has 0 saturated heterocycles. The van der Waals surface area contributed by atoms with Gasteiger partial charge in [0.2, 0.25) is 0 Å². The first-order valence-electron chi connectivity index (χ1n) is 6.86. The molecule has 1 rings (SSSR count). The van der Waals surface area contributed by atoms with E-state index in [1.807, 2.05) is 13.1 Å². The van der Waals surface area contributed by atoms with Crippen molar-refractivity contribution in [3.05, 3.63) is 34.3 Å². The first kappa shape index (κ1) is 15.5. The molecule has 2 atom stereocenters. The largest absolute Gasteiger partial charge is 0.313 e. The topological polar surface area (TPSA) is 12.0 Å². The van der Waals surface area contributed by atoms with Crippen LogP contribution in [0.25, 0.3) is 0 Å². The van der Waals surface area contributed by atoms with E-state index in [9.17, 15) is 0 Å². The molecular weight excluding hydrogens is 242 g/mol. The van der Waals surface area contributed by atoms with Crippen molar-refractivity contribution in [1.82, 2.24) is 5.32 Å². The van der Waals surface area contributed by atoms with Crippen molar-refractivity contribution in [3.8, 4) is 0 Å². The summed E-state index contributed by atoms with van der Waals surface area (Å²) in [4.78, 5) is 0. The van der Waals surface area contributed by atoms with Crippen LogP contribution >= 0.6 is 11.6 Å². The fourth-order valence-electron chi connectivity index (χ4n) is 2.69. The quantitative estimate of drug-likeness (QED) is 0.766. The summed E-state index contributed by atoms with van der Waals surface area (Å²) >= 11 is 6.14. The molecule has 102 valence electrons. The Bertz CT molecular complexity index is 353. The predicted molar refractivity (Wildman–Crippen MR) is 81.2 cm³/mol. The van der Waals surface area contributed by atoms with E-state index in [1.165, 1.54) is 17.5 Å². The summed E-state index contributed by atoms with van der Waals surface area (Å²) < 4.78 is 0. The van der Waals surface area contributed by atoms with Crippen molar-refractivity contribution < 1.29 is 0 Å². The van der Waals surface area contributed by atoms with Gasteiger partial charge in [-0.25, -0.2) is 0 Å². The third-order valence-electron chi connectivity index (χ3n) is 3.33. The average Bonchev–Trinajstić information content (AvgIpc) is 2.23. The summed E-state index contributed by atoms with van der Waals surface area (Å²) in [5, 5.41) is 4.25. The predicted octanol–water partition coefficient (Wildman–Crippen LogP) is 4.98. The van der Waals surface area contributed by atoms with Crippen LogP contribution in [0.4, 0.5) is 0 Å². The van der Waals surface area contributed by atoms with Crippen LogP contribution in [-0.2, 0) is 0 Å². The highest BCUT2D eigenvalue weighted by Gasteiger charge is 2.15. The van der Waals surface area contributed by atoms with Gasteiger partial charge in [-0.2, -0.15) is 0 Å². The minimum atomic E-state index is 0.399. The SMILES string of the molecule is CNC(CC(C)CC(C)C)c1cc(C)cc(Cl)c1. The molecule has 1 nitrogen and oxygen atoms in total. The number of aryl methyl sites for hydroxylation is 1. The Balaban J connectivity index is 2.76. The number of halogens is 1. The molecule has 0 fully saturated rings. The number of hydrogen-bond acceptors (Lipinski definition) is 1. The van der Waals surface area contributed by atoms with Crippen LogP contribution in [0.3, 0.4) is 0 Å². The number of rotatable bonds is 6. The highest BCUT2D eigenvalue weighted by Crippen LogP contribution is 2.27. The van der Waals surface area contributed by atoms with Gasteiger partial charge in [-0.1, -0.05) is 38.4 Å². The molecule has 0 saturated carbocycles. The zero-order valence-electron chi connectivity index (χ0n) is 12.3. The van der Waals surface area contributed by atoms with Crippen molar-refractivity contribution in [2.45, 2.75) is 46.6 Å². The molecular formula is C16H26ClN. The van der Waals surface area contributed by atoms with Crippen molar-refractivity contribution in [3.63, 3.8) is 0 Å². The molecule has 0 amide bonds. The fourth-order valence-corrected chi connectivity index (χ4v) is 2.99. The van der Waals surface area contributed by atoms with Crippen molar-refractivity contribution in [2.24, 2.45) is 11.8 Å². The maximum absolute atomic E-state index is 6.14. The van der Waals surface area contributed by atoms with Gasteiger partial charge in [-0.15, -0.1) is 0 Å². The molecule has 1 aromatic carbocycles. The molecule has 1 aromatic rings. The number of hydrogen-bond donors (Lipinski definition) is 1. The van der Waals surface area contributed by atoms with Gasteiger partial charge < -0.3 is 5.32 Å². The molecule has 0 heterocycles. The average molecular weight is 268 g/mol. The summed E-state index contributed by atoms with van der Waals surface area (Å²) in [6, 6.07) is 6.72. The Morgan fingerprint density at radius 1 is 1.11 bits per heavy atom. The zero-order chi connectivity index (χ0) is 13.7. The van der Waals surface area contributed by atoms with Gasteiger partial charge in [0.25, 0.3) is 0 Å². The molecule has 1 N–H and O–H groups in total. The molecule has 2 unspecified atom stereocenters. The van der Waals surface area contributed by atoms with E-state index in [0.29, 0.717) is 6.04 Å². The van der Waals surface area contributed by atoms with Crippen LogP contribution in [0.5, 0.6) is 0 Å². The summed E-state index contributed by atoms with van der Waals surface area (Å²) in [6.07, 6.45) is 2.44. The second-order valence-corrected chi connectivity index (χ2v) is 6.31. The molecule has 0 aliphatic rings. The van der Waals surface area contributed by atoms with Crippen molar-refractivity contribution >= 4 is 11.6 Å². The van der Waals surface area contributed by atoms with Gasteiger partial charge in [0.1, 0.15) is 0 Å². The molecule has 0 bridgehead atoms.